The summed E-state index contributed by atoms with van der Waals surface area (Å²) in [4.78, 5) is 0. The average molecular weight is 517 g/mol. The van der Waals surface area contributed by atoms with E-state index in [-0.39, 0.29) is 0 Å². The van der Waals surface area contributed by atoms with Gasteiger partial charge in [-0.05, 0) is 134 Å². The van der Waals surface area contributed by atoms with Crippen molar-refractivity contribution in [3.05, 3.63) is 122 Å². The Morgan fingerprint density at radius 3 is 2.17 bits per heavy atom. The van der Waals surface area contributed by atoms with E-state index >= 15 is 0 Å². The van der Waals surface area contributed by atoms with E-state index in [4.69, 9.17) is 0 Å². The van der Waals surface area contributed by atoms with Crippen LogP contribution in [0.25, 0.3) is 51.8 Å². The van der Waals surface area contributed by atoms with Gasteiger partial charge in [-0.2, -0.15) is 0 Å². The maximum absolute atomic E-state index is 2.54. The number of benzene rings is 3. The summed E-state index contributed by atoms with van der Waals surface area (Å²) in [7, 11) is 0. The molecule has 1 atom stereocenters. The standard InChI is InChI=1S/C40H36/c1-2-11-27(12-3-1)29-21-22-31-26-32(24-23-30(31)25-29)39-35-16-6-8-18-37(35)40(38-19-9-7-17-36(38)39)34-20-10-14-28-13-4-5-15-33(28)34/h1-2,6,8,10-11,13-20,23-25,31H,3-5,7,9,12,21-22,26H2. The molecule has 0 saturated heterocycles. The number of rotatable bonds is 3. The molecule has 0 heteroatoms. The van der Waals surface area contributed by atoms with Gasteiger partial charge in [0.1, 0.15) is 0 Å². The maximum atomic E-state index is 2.54. The fourth-order valence-corrected chi connectivity index (χ4v) is 7.80. The van der Waals surface area contributed by atoms with Crippen molar-refractivity contribution in [1.82, 2.24) is 0 Å². The molecular formula is C40H36. The van der Waals surface area contributed by atoms with E-state index in [1.165, 1.54) is 85.2 Å². The van der Waals surface area contributed by atoms with Gasteiger partial charge in [0.15, 0.2) is 0 Å². The van der Waals surface area contributed by atoms with Crippen molar-refractivity contribution in [2.75, 3.05) is 0 Å². The van der Waals surface area contributed by atoms with Crippen LogP contribution in [-0.4, -0.2) is 0 Å². The van der Waals surface area contributed by atoms with Gasteiger partial charge in [-0.1, -0.05) is 103 Å². The molecule has 0 amide bonds. The second-order valence-corrected chi connectivity index (χ2v) is 12.0. The van der Waals surface area contributed by atoms with Gasteiger partial charge in [0.2, 0.25) is 0 Å². The highest BCUT2D eigenvalue weighted by Gasteiger charge is 2.26. The molecule has 5 aliphatic carbocycles. The molecule has 8 rings (SSSR count). The predicted octanol–water partition coefficient (Wildman–Crippen LogP) is 7.54. The number of fused-ring (bicyclic) bond motifs is 4. The SMILES string of the molecule is C1=CCCC(C2=CC3=CC=C(c4c5c(c(-c6cccc7c6=CCCC=7)c6ccccc46)=CCCC=5)CC3CC2)=C1. The number of hydrogen-bond donors (Lipinski definition) is 0. The van der Waals surface area contributed by atoms with Crippen molar-refractivity contribution in [3.63, 3.8) is 0 Å². The first-order chi connectivity index (χ1) is 19.8. The summed E-state index contributed by atoms with van der Waals surface area (Å²) in [6.45, 7) is 0. The van der Waals surface area contributed by atoms with Crippen molar-refractivity contribution in [2.24, 2.45) is 5.92 Å². The van der Waals surface area contributed by atoms with E-state index in [9.17, 15) is 0 Å². The molecule has 0 aromatic heterocycles. The first-order valence-corrected chi connectivity index (χ1v) is 15.4. The monoisotopic (exact) mass is 516 g/mol. The minimum Gasteiger partial charge on any atom is -0.0842 e. The van der Waals surface area contributed by atoms with E-state index < -0.39 is 0 Å². The molecule has 0 bridgehead atoms. The van der Waals surface area contributed by atoms with E-state index in [1.807, 2.05) is 0 Å². The predicted molar refractivity (Wildman–Crippen MR) is 172 cm³/mol. The Morgan fingerprint density at radius 2 is 1.35 bits per heavy atom. The van der Waals surface area contributed by atoms with Crippen LogP contribution in [0.3, 0.4) is 0 Å². The lowest BCUT2D eigenvalue weighted by molar-refractivity contribution is 0.560. The van der Waals surface area contributed by atoms with E-state index in [1.54, 1.807) is 11.1 Å². The third kappa shape index (κ3) is 3.96. The molecule has 0 aliphatic heterocycles. The summed E-state index contributed by atoms with van der Waals surface area (Å²) in [6, 6.07) is 16.1. The molecule has 196 valence electrons. The zero-order valence-electron chi connectivity index (χ0n) is 23.3. The largest absolute Gasteiger partial charge is 0.0842 e. The second kappa shape index (κ2) is 9.93. The van der Waals surface area contributed by atoms with E-state index in [0.29, 0.717) is 5.92 Å². The van der Waals surface area contributed by atoms with Gasteiger partial charge in [-0.25, -0.2) is 0 Å². The molecule has 0 fully saturated rings. The smallest absolute Gasteiger partial charge is 0.00236 e. The van der Waals surface area contributed by atoms with E-state index in [2.05, 4.69) is 103 Å². The van der Waals surface area contributed by atoms with Crippen LogP contribution in [-0.2, 0) is 0 Å². The van der Waals surface area contributed by atoms with Crippen molar-refractivity contribution in [3.8, 4) is 11.1 Å². The van der Waals surface area contributed by atoms with Crippen LogP contribution in [0.15, 0.2) is 95.6 Å². The summed E-state index contributed by atoms with van der Waals surface area (Å²) >= 11 is 0. The fraction of sp³-hybridized carbons (Fsp3) is 0.250. The van der Waals surface area contributed by atoms with Crippen LogP contribution in [0.2, 0.25) is 0 Å². The number of hydrogen-bond acceptors (Lipinski definition) is 0. The van der Waals surface area contributed by atoms with E-state index in [0.717, 1.165) is 32.1 Å². The summed E-state index contributed by atoms with van der Waals surface area (Å²) < 4.78 is 0. The molecule has 0 heterocycles. The lowest BCUT2D eigenvalue weighted by Crippen LogP contribution is -2.36. The summed E-state index contributed by atoms with van der Waals surface area (Å²) in [5.41, 5.74) is 10.5. The molecule has 1 unspecified atom stereocenters. The first kappa shape index (κ1) is 23.9. The quantitative estimate of drug-likeness (QED) is 0.337. The van der Waals surface area contributed by atoms with Gasteiger partial charge in [-0.3, -0.25) is 0 Å². The van der Waals surface area contributed by atoms with Crippen LogP contribution in [0, 0.1) is 5.92 Å². The Balaban J connectivity index is 1.34. The minimum absolute atomic E-state index is 0.622. The zero-order chi connectivity index (χ0) is 26.5. The van der Waals surface area contributed by atoms with Crippen LogP contribution < -0.4 is 20.9 Å². The molecule has 3 aromatic carbocycles. The Labute approximate surface area is 237 Å². The summed E-state index contributed by atoms with van der Waals surface area (Å²) in [5, 5.41) is 8.54. The van der Waals surface area contributed by atoms with Gasteiger partial charge in [-0.15, -0.1) is 0 Å². The lowest BCUT2D eigenvalue weighted by Gasteiger charge is -2.30. The average Bonchev–Trinajstić information content (AvgIpc) is 3.03. The zero-order valence-corrected chi connectivity index (χ0v) is 23.3. The molecule has 0 radical (unpaired) electrons. The minimum atomic E-state index is 0.622. The van der Waals surface area contributed by atoms with Crippen molar-refractivity contribution >= 4 is 40.6 Å². The fourth-order valence-electron chi connectivity index (χ4n) is 7.80. The van der Waals surface area contributed by atoms with Crippen LogP contribution >= 0.6 is 0 Å². The van der Waals surface area contributed by atoms with Crippen molar-refractivity contribution in [1.29, 1.82) is 0 Å². The Kier molecular flexibility index (Phi) is 5.95. The van der Waals surface area contributed by atoms with Crippen LogP contribution in [0.1, 0.15) is 63.4 Å². The van der Waals surface area contributed by atoms with Gasteiger partial charge >= 0.3 is 0 Å². The third-order valence-corrected chi connectivity index (χ3v) is 9.71. The highest BCUT2D eigenvalue weighted by Crippen LogP contribution is 2.42. The normalized spacial score (nSPS) is 21.1. The Bertz CT molecular complexity index is 1970. The van der Waals surface area contributed by atoms with Crippen molar-refractivity contribution < 1.29 is 0 Å². The summed E-state index contributed by atoms with van der Waals surface area (Å²) in [6.07, 6.45) is 34.7. The molecule has 0 nitrogen and oxygen atoms in total. The van der Waals surface area contributed by atoms with Crippen molar-refractivity contribution in [2.45, 2.75) is 57.8 Å². The highest BCUT2D eigenvalue weighted by atomic mass is 14.3. The molecule has 0 spiro atoms. The molecule has 40 heavy (non-hydrogen) atoms. The number of allylic oxidation sites excluding steroid dienone is 10. The summed E-state index contributed by atoms with van der Waals surface area (Å²) in [5.74, 6) is 0.622. The first-order valence-electron chi connectivity index (χ1n) is 15.4. The van der Waals surface area contributed by atoms with Gasteiger partial charge in [0.25, 0.3) is 0 Å². The highest BCUT2D eigenvalue weighted by molar-refractivity contribution is 6.04. The van der Waals surface area contributed by atoms with Crippen LogP contribution in [0.4, 0.5) is 0 Å². The third-order valence-electron chi connectivity index (χ3n) is 9.71. The van der Waals surface area contributed by atoms with Gasteiger partial charge in [0.05, 0.1) is 0 Å². The molecular weight excluding hydrogens is 480 g/mol. The lowest BCUT2D eigenvalue weighted by atomic mass is 9.74. The van der Waals surface area contributed by atoms with Gasteiger partial charge in [0, 0.05) is 0 Å². The molecule has 3 aromatic rings. The maximum Gasteiger partial charge on any atom is -0.00236 e. The second-order valence-electron chi connectivity index (χ2n) is 12.0. The molecule has 0 saturated carbocycles. The Hall–Kier alpha value is -3.90. The molecule has 0 N–H and O–H groups in total. The molecule has 5 aliphatic rings. The van der Waals surface area contributed by atoms with Crippen LogP contribution in [0.5, 0.6) is 0 Å². The topological polar surface area (TPSA) is 0 Å². The van der Waals surface area contributed by atoms with Gasteiger partial charge < -0.3 is 0 Å². The Morgan fingerprint density at radius 1 is 0.575 bits per heavy atom.